The summed E-state index contributed by atoms with van der Waals surface area (Å²) in [5.74, 6) is 0.128. The Morgan fingerprint density at radius 3 is 2.22 bits per heavy atom. The van der Waals surface area contributed by atoms with Crippen LogP contribution in [0, 0.1) is 0 Å². The molecule has 1 atom stereocenters. The van der Waals surface area contributed by atoms with E-state index in [-0.39, 0.29) is 12.1 Å². The third-order valence-electron chi connectivity index (χ3n) is 5.19. The van der Waals surface area contributed by atoms with Crippen LogP contribution in [0.25, 0.3) is 0 Å². The average Bonchev–Trinajstić information content (AvgIpc) is 3.54. The molecule has 2 N–H and O–H groups in total. The monoisotopic (exact) mass is 355 g/mol. The minimum absolute atomic E-state index is 0.120. The highest BCUT2D eigenvalue weighted by molar-refractivity contribution is 6.02. The lowest BCUT2D eigenvalue weighted by molar-refractivity contribution is 0.0666. The molecule has 134 valence electrons. The van der Waals surface area contributed by atoms with Gasteiger partial charge in [-0.3, -0.25) is 4.79 Å². The number of carbonyl (C=O) groups is 1. The van der Waals surface area contributed by atoms with E-state index < -0.39 is 0 Å². The summed E-state index contributed by atoms with van der Waals surface area (Å²) < 4.78 is 0. The van der Waals surface area contributed by atoms with E-state index in [2.05, 4.69) is 34.9 Å². The van der Waals surface area contributed by atoms with Gasteiger partial charge in [0.05, 0.1) is 5.56 Å². The first-order valence-electron chi connectivity index (χ1n) is 9.40. The van der Waals surface area contributed by atoms with E-state index >= 15 is 0 Å². The molecular formula is C23H21N3O. The number of carbonyl (C=O) groups excluding carboxylic acids is 1. The predicted molar refractivity (Wildman–Crippen MR) is 108 cm³/mol. The van der Waals surface area contributed by atoms with Crippen molar-refractivity contribution in [1.29, 1.82) is 0 Å². The van der Waals surface area contributed by atoms with E-state index in [9.17, 15) is 4.79 Å². The number of para-hydroxylation sites is 2. The zero-order chi connectivity index (χ0) is 18.2. The van der Waals surface area contributed by atoms with Gasteiger partial charge in [-0.1, -0.05) is 42.5 Å². The molecule has 1 aliphatic heterocycles. The standard InChI is InChI=1S/C23H21N3O/c27-23-20-8-4-5-9-21(20)25-22(26(23)19-14-15-19)16-10-12-18(13-11-16)24-17-6-2-1-3-7-17/h1-13,19,22,24-25H,14-15H2/t22-/m0/s1. The van der Waals surface area contributed by atoms with E-state index in [0.717, 1.165) is 41.0 Å². The smallest absolute Gasteiger partial charge is 0.258 e. The van der Waals surface area contributed by atoms with Gasteiger partial charge in [0.15, 0.2) is 0 Å². The molecule has 1 heterocycles. The second kappa shape index (κ2) is 6.47. The second-order valence-electron chi connectivity index (χ2n) is 7.15. The summed E-state index contributed by atoms with van der Waals surface area (Å²) in [6, 6.07) is 26.6. The van der Waals surface area contributed by atoms with Crippen molar-refractivity contribution in [1.82, 2.24) is 4.90 Å². The molecule has 0 unspecified atom stereocenters. The quantitative estimate of drug-likeness (QED) is 0.679. The Morgan fingerprint density at radius 2 is 1.48 bits per heavy atom. The maximum absolute atomic E-state index is 13.1. The van der Waals surface area contributed by atoms with Gasteiger partial charge in [-0.25, -0.2) is 0 Å². The summed E-state index contributed by atoms with van der Waals surface area (Å²) in [5, 5.41) is 6.97. The lowest BCUT2D eigenvalue weighted by Gasteiger charge is -2.38. The number of amides is 1. The molecule has 4 nitrogen and oxygen atoms in total. The molecule has 1 aliphatic carbocycles. The number of hydrogen-bond acceptors (Lipinski definition) is 3. The Hall–Kier alpha value is -3.27. The van der Waals surface area contributed by atoms with Crippen LogP contribution in [0.3, 0.4) is 0 Å². The third-order valence-corrected chi connectivity index (χ3v) is 5.19. The average molecular weight is 355 g/mol. The maximum Gasteiger partial charge on any atom is 0.258 e. The van der Waals surface area contributed by atoms with Crippen LogP contribution in [-0.2, 0) is 0 Å². The highest BCUT2D eigenvalue weighted by atomic mass is 16.2. The van der Waals surface area contributed by atoms with Gasteiger partial charge in [-0.05, 0) is 54.8 Å². The van der Waals surface area contributed by atoms with Crippen molar-refractivity contribution < 1.29 is 4.79 Å². The SMILES string of the molecule is O=C1c2ccccc2N[C@H](c2ccc(Nc3ccccc3)cc2)N1C1CC1. The van der Waals surface area contributed by atoms with Crippen LogP contribution in [0.5, 0.6) is 0 Å². The number of rotatable bonds is 4. The van der Waals surface area contributed by atoms with Gasteiger partial charge in [0.1, 0.15) is 6.17 Å². The lowest BCUT2D eigenvalue weighted by atomic mass is 10.0. The van der Waals surface area contributed by atoms with Crippen molar-refractivity contribution in [3.63, 3.8) is 0 Å². The van der Waals surface area contributed by atoms with Crippen LogP contribution < -0.4 is 10.6 Å². The van der Waals surface area contributed by atoms with Gasteiger partial charge in [0, 0.05) is 23.1 Å². The zero-order valence-electron chi connectivity index (χ0n) is 14.9. The van der Waals surface area contributed by atoms with Gasteiger partial charge in [-0.2, -0.15) is 0 Å². The molecule has 0 spiro atoms. The summed E-state index contributed by atoms with van der Waals surface area (Å²) in [6.07, 6.45) is 2.05. The number of hydrogen-bond donors (Lipinski definition) is 2. The molecule has 2 aliphatic rings. The van der Waals surface area contributed by atoms with Crippen molar-refractivity contribution in [2.75, 3.05) is 10.6 Å². The predicted octanol–water partition coefficient (Wildman–Crippen LogP) is 5.16. The fourth-order valence-corrected chi connectivity index (χ4v) is 3.68. The van der Waals surface area contributed by atoms with Crippen LogP contribution in [0.4, 0.5) is 17.1 Å². The van der Waals surface area contributed by atoms with Crippen molar-refractivity contribution in [3.05, 3.63) is 90.0 Å². The van der Waals surface area contributed by atoms with Crippen molar-refractivity contribution in [2.45, 2.75) is 25.0 Å². The molecule has 1 saturated carbocycles. The van der Waals surface area contributed by atoms with Gasteiger partial charge in [0.2, 0.25) is 0 Å². The number of nitrogens with zero attached hydrogens (tertiary/aromatic N) is 1. The zero-order valence-corrected chi connectivity index (χ0v) is 14.9. The first-order chi connectivity index (χ1) is 13.3. The second-order valence-corrected chi connectivity index (χ2v) is 7.15. The van der Waals surface area contributed by atoms with E-state index in [4.69, 9.17) is 0 Å². The number of nitrogens with one attached hydrogen (secondary N) is 2. The van der Waals surface area contributed by atoms with Crippen LogP contribution in [-0.4, -0.2) is 16.8 Å². The normalized spacial score (nSPS) is 18.6. The maximum atomic E-state index is 13.1. The highest BCUT2D eigenvalue weighted by Gasteiger charge is 2.41. The largest absolute Gasteiger partial charge is 0.361 e. The van der Waals surface area contributed by atoms with Gasteiger partial charge >= 0.3 is 0 Å². The Labute approximate surface area is 158 Å². The molecule has 27 heavy (non-hydrogen) atoms. The topological polar surface area (TPSA) is 44.4 Å². The first kappa shape index (κ1) is 15.9. The van der Waals surface area contributed by atoms with E-state index in [1.165, 1.54) is 0 Å². The molecule has 4 heteroatoms. The van der Waals surface area contributed by atoms with Crippen LogP contribution in [0.2, 0.25) is 0 Å². The summed E-state index contributed by atoms with van der Waals surface area (Å²) in [6.45, 7) is 0. The van der Waals surface area contributed by atoms with Crippen molar-refractivity contribution in [3.8, 4) is 0 Å². The molecular weight excluding hydrogens is 334 g/mol. The molecule has 0 aromatic heterocycles. The molecule has 0 radical (unpaired) electrons. The minimum Gasteiger partial charge on any atom is -0.361 e. The van der Waals surface area contributed by atoms with Crippen LogP contribution in [0.15, 0.2) is 78.9 Å². The molecule has 5 rings (SSSR count). The van der Waals surface area contributed by atoms with Crippen molar-refractivity contribution in [2.24, 2.45) is 0 Å². The van der Waals surface area contributed by atoms with Crippen LogP contribution >= 0.6 is 0 Å². The summed E-state index contributed by atoms with van der Waals surface area (Å²) in [7, 11) is 0. The van der Waals surface area contributed by atoms with E-state index in [1.807, 2.05) is 59.5 Å². The molecule has 1 amide bonds. The fraction of sp³-hybridized carbons (Fsp3) is 0.174. The molecule has 3 aromatic carbocycles. The Bertz CT molecular complexity index is 964. The van der Waals surface area contributed by atoms with Gasteiger partial charge < -0.3 is 15.5 Å². The Balaban J connectivity index is 1.43. The summed E-state index contributed by atoms with van der Waals surface area (Å²) in [4.78, 5) is 15.1. The summed E-state index contributed by atoms with van der Waals surface area (Å²) in [5.41, 5.74) is 4.87. The van der Waals surface area contributed by atoms with Gasteiger partial charge in [-0.15, -0.1) is 0 Å². The molecule has 0 saturated heterocycles. The number of benzene rings is 3. The van der Waals surface area contributed by atoms with E-state index in [0.29, 0.717) is 6.04 Å². The molecule has 0 bridgehead atoms. The molecule has 3 aromatic rings. The number of anilines is 3. The third kappa shape index (κ3) is 3.04. The fourth-order valence-electron chi connectivity index (χ4n) is 3.68. The number of fused-ring (bicyclic) bond motifs is 1. The van der Waals surface area contributed by atoms with Crippen molar-refractivity contribution >= 4 is 23.0 Å². The Kier molecular flexibility index (Phi) is 3.82. The first-order valence-corrected chi connectivity index (χ1v) is 9.40. The minimum atomic E-state index is -0.120. The van der Waals surface area contributed by atoms with Gasteiger partial charge in [0.25, 0.3) is 5.91 Å². The summed E-state index contributed by atoms with van der Waals surface area (Å²) >= 11 is 0. The molecule has 1 fully saturated rings. The lowest BCUT2D eigenvalue weighted by Crippen LogP contribution is -2.44. The van der Waals surface area contributed by atoms with Crippen LogP contribution in [0.1, 0.15) is 34.9 Å². The van der Waals surface area contributed by atoms with E-state index in [1.54, 1.807) is 0 Å². The highest BCUT2D eigenvalue weighted by Crippen LogP contribution is 2.40. The Morgan fingerprint density at radius 1 is 0.815 bits per heavy atom.